The van der Waals surface area contributed by atoms with Crippen molar-refractivity contribution in [1.29, 1.82) is 0 Å². The normalized spacial score (nSPS) is 8.25. The SMILES string of the molecule is O=S(=O)([O-])O.O=[N+]=O. The quantitative estimate of drug-likeness (QED) is 0.252. The third kappa shape index (κ3) is 135. The first-order valence-electron chi connectivity index (χ1n) is 1.05. The van der Waals surface area contributed by atoms with Crippen molar-refractivity contribution >= 4 is 10.4 Å². The van der Waals surface area contributed by atoms with Gasteiger partial charge < -0.3 is 4.55 Å². The van der Waals surface area contributed by atoms with Crippen LogP contribution in [-0.2, 0) is 10.4 Å². The molecule has 0 saturated carbocycles. The van der Waals surface area contributed by atoms with E-state index < -0.39 is 10.4 Å². The van der Waals surface area contributed by atoms with Crippen LogP contribution in [0.2, 0.25) is 0 Å². The summed E-state index contributed by atoms with van der Waals surface area (Å²) in [6.07, 6.45) is 0. The molecule has 0 amide bonds. The molecule has 48 valence electrons. The third-order valence-corrected chi connectivity index (χ3v) is 0. The Bertz CT molecular complexity index is 149. The molecule has 0 aliphatic heterocycles. The topological polar surface area (TPSA) is 126 Å². The third-order valence-electron chi connectivity index (χ3n) is 0. The lowest BCUT2D eigenvalue weighted by atomic mass is 13.6. The van der Waals surface area contributed by atoms with Gasteiger partial charge in [0.15, 0.2) is 0 Å². The van der Waals surface area contributed by atoms with Gasteiger partial charge in [0.1, 0.15) is 0 Å². The van der Waals surface area contributed by atoms with Gasteiger partial charge in [-0.25, -0.2) is 8.42 Å². The highest BCUT2D eigenvalue weighted by Gasteiger charge is 1.67. The summed E-state index contributed by atoms with van der Waals surface area (Å²) in [4.78, 5) is 16.0. The summed E-state index contributed by atoms with van der Waals surface area (Å²) in [5.41, 5.74) is 0. The first-order chi connectivity index (χ1) is 3.41. The van der Waals surface area contributed by atoms with Gasteiger partial charge in [-0.1, -0.05) is 0 Å². The summed E-state index contributed by atoms with van der Waals surface area (Å²) >= 11 is 0. The molecule has 1 N–H and O–H groups in total. The minimum atomic E-state index is -4.92. The molecule has 0 rings (SSSR count). The van der Waals surface area contributed by atoms with Crippen LogP contribution in [0.5, 0.6) is 0 Å². The van der Waals surface area contributed by atoms with Crippen molar-refractivity contribution < 1.29 is 17.5 Å². The highest BCUT2D eigenvalue weighted by molar-refractivity contribution is 7.79. The van der Waals surface area contributed by atoms with Crippen LogP contribution in [-0.4, -0.2) is 17.5 Å². The van der Waals surface area contributed by atoms with Crippen molar-refractivity contribution in [2.24, 2.45) is 0 Å². The van der Waals surface area contributed by atoms with E-state index in [0.717, 1.165) is 5.04 Å². The summed E-state index contributed by atoms with van der Waals surface area (Å²) in [5.74, 6) is 0. The van der Waals surface area contributed by atoms with Crippen LogP contribution in [0.1, 0.15) is 0 Å². The maximum absolute atomic E-state index is 8.63. The van der Waals surface area contributed by atoms with Crippen LogP contribution in [0.25, 0.3) is 0 Å². The molecule has 8 heavy (non-hydrogen) atoms. The highest BCUT2D eigenvalue weighted by Crippen LogP contribution is 1.58. The zero-order valence-electron chi connectivity index (χ0n) is 3.34. The van der Waals surface area contributed by atoms with Gasteiger partial charge in [-0.3, -0.25) is 4.55 Å². The molecule has 0 aliphatic carbocycles. The van der Waals surface area contributed by atoms with Gasteiger partial charge >= 0.3 is 5.04 Å². The van der Waals surface area contributed by atoms with Crippen molar-refractivity contribution in [3.8, 4) is 0 Å². The summed E-state index contributed by atoms with van der Waals surface area (Å²) in [6.45, 7) is 0. The molecule has 0 heterocycles. The van der Waals surface area contributed by atoms with E-state index in [4.69, 9.17) is 27.3 Å². The Morgan fingerprint density at radius 2 is 1.38 bits per heavy atom. The zero-order chi connectivity index (χ0) is 7.21. The summed E-state index contributed by atoms with van der Waals surface area (Å²) in [6, 6.07) is 0. The Hall–Kier alpha value is -0.820. The van der Waals surface area contributed by atoms with Crippen molar-refractivity contribution in [3.05, 3.63) is 9.81 Å². The molecule has 7 nitrogen and oxygen atoms in total. The van der Waals surface area contributed by atoms with Gasteiger partial charge in [-0.2, -0.15) is 0 Å². The van der Waals surface area contributed by atoms with Crippen LogP contribution >= 0.6 is 0 Å². The number of rotatable bonds is 0. The van der Waals surface area contributed by atoms with Crippen LogP contribution in [0.15, 0.2) is 0 Å². The van der Waals surface area contributed by atoms with Gasteiger partial charge in [0.05, 0.1) is 0 Å². The molecule has 0 aromatic carbocycles. The van der Waals surface area contributed by atoms with Crippen LogP contribution in [0, 0.1) is 9.81 Å². The van der Waals surface area contributed by atoms with Gasteiger partial charge in [-0.05, 0) is 0 Å². The van der Waals surface area contributed by atoms with Crippen LogP contribution < -0.4 is 5.04 Å². The Balaban J connectivity index is 0. The van der Waals surface area contributed by atoms with Crippen molar-refractivity contribution in [1.82, 2.24) is 5.04 Å². The molecule has 0 aromatic rings. The monoisotopic (exact) mass is 143 g/mol. The molecule has 0 unspecified atom stereocenters. The van der Waals surface area contributed by atoms with Gasteiger partial charge in [0, 0.05) is 0 Å². The average molecular weight is 143 g/mol. The van der Waals surface area contributed by atoms with Crippen molar-refractivity contribution in [2.45, 2.75) is 0 Å². The van der Waals surface area contributed by atoms with Crippen molar-refractivity contribution in [3.63, 3.8) is 0 Å². The molecule has 8 heteroatoms. The lowest BCUT2D eigenvalue weighted by Gasteiger charge is -1.88. The second kappa shape index (κ2) is 4.34. The standard InChI is InChI=1S/NO2.H2O4S/c2-1-3;1-5(2,3)4/h;(H2,1,2,3,4)/q+1;/p-1. The molecule has 0 aliphatic rings. The smallest absolute Gasteiger partial charge is 0.569 e. The van der Waals surface area contributed by atoms with E-state index in [9.17, 15) is 0 Å². The zero-order valence-corrected chi connectivity index (χ0v) is 4.16. The predicted molar refractivity (Wildman–Crippen MR) is 21.2 cm³/mol. The molecule has 0 saturated heterocycles. The van der Waals surface area contributed by atoms with E-state index in [2.05, 4.69) is 0 Å². The van der Waals surface area contributed by atoms with Gasteiger partial charge in [0.2, 0.25) is 20.2 Å². The first kappa shape index (κ1) is 10.2. The first-order valence-corrected chi connectivity index (χ1v) is 2.41. The number of nitroso groups, excluding NO2 is 2. The maximum Gasteiger partial charge on any atom is 0.569 e. The molecular weight excluding hydrogens is 142 g/mol. The molecule has 0 radical (unpaired) electrons. The lowest BCUT2D eigenvalue weighted by molar-refractivity contribution is 0.366. The van der Waals surface area contributed by atoms with Crippen LogP contribution in [0.4, 0.5) is 0 Å². The Labute approximate surface area is 43.9 Å². The Morgan fingerprint density at radius 3 is 1.38 bits per heavy atom. The van der Waals surface area contributed by atoms with E-state index in [0.29, 0.717) is 0 Å². The molecule has 0 atom stereocenters. The highest BCUT2D eigenvalue weighted by atomic mass is 32.3. The number of nitrogens with zero attached hydrogens (tertiary/aromatic N) is 1. The van der Waals surface area contributed by atoms with Crippen molar-refractivity contribution in [2.75, 3.05) is 0 Å². The van der Waals surface area contributed by atoms with E-state index in [1.165, 1.54) is 0 Å². The summed E-state index contributed by atoms with van der Waals surface area (Å²) < 4.78 is 32.8. The molecular formula is HNO6S. The fraction of sp³-hybridized carbons (Fsp3) is 0. The van der Waals surface area contributed by atoms with E-state index in [1.54, 1.807) is 0 Å². The summed E-state index contributed by atoms with van der Waals surface area (Å²) in [7, 11) is -4.92. The second-order valence-electron chi connectivity index (χ2n) is 0.502. The predicted octanol–water partition coefficient (Wildman–Crippen LogP) is -1.41. The molecule has 0 bridgehead atoms. The molecule has 0 aromatic heterocycles. The fourth-order valence-corrected chi connectivity index (χ4v) is 0. The minimum Gasteiger partial charge on any atom is -0.726 e. The fourth-order valence-electron chi connectivity index (χ4n) is 0. The van der Waals surface area contributed by atoms with E-state index >= 15 is 0 Å². The van der Waals surface area contributed by atoms with E-state index in [-0.39, 0.29) is 0 Å². The second-order valence-corrected chi connectivity index (χ2v) is 1.36. The minimum absolute atomic E-state index is 1.00. The average Bonchev–Trinajstić information content (AvgIpc) is 1.27. The Morgan fingerprint density at radius 1 is 1.38 bits per heavy atom. The van der Waals surface area contributed by atoms with Gasteiger partial charge in [0.25, 0.3) is 0 Å². The maximum atomic E-state index is 8.63. The molecule has 0 spiro atoms. The van der Waals surface area contributed by atoms with Crippen LogP contribution in [0.3, 0.4) is 0 Å². The number of hydrogen-bond acceptors (Lipinski definition) is 5. The lowest BCUT2D eigenvalue weighted by Crippen LogP contribution is -1.90. The van der Waals surface area contributed by atoms with E-state index in [1.807, 2.05) is 0 Å². The molecule has 0 fully saturated rings. The Kier molecular flexibility index (Phi) is 5.55. The largest absolute Gasteiger partial charge is 0.726 e. The number of hydrogen-bond donors (Lipinski definition) is 1. The van der Waals surface area contributed by atoms with Gasteiger partial charge in [-0.15, -0.1) is 0 Å². The summed E-state index contributed by atoms with van der Waals surface area (Å²) in [5, 5.41) is 1.00.